The summed E-state index contributed by atoms with van der Waals surface area (Å²) in [7, 11) is 0. The lowest BCUT2D eigenvalue weighted by molar-refractivity contribution is -0.127. The third kappa shape index (κ3) is 5.23. The van der Waals surface area contributed by atoms with E-state index in [2.05, 4.69) is 5.32 Å². The topological polar surface area (TPSA) is 84.9 Å². The first-order valence-electron chi connectivity index (χ1n) is 10.7. The molecule has 3 aromatic carbocycles. The first kappa shape index (κ1) is 23.0. The number of ketones is 1. The molecule has 0 saturated carbocycles. The van der Waals surface area contributed by atoms with E-state index in [0.29, 0.717) is 29.3 Å². The van der Waals surface area contributed by atoms with Gasteiger partial charge in [-0.3, -0.25) is 19.3 Å². The van der Waals surface area contributed by atoms with Crippen molar-refractivity contribution < 1.29 is 28.2 Å². The zero-order valence-electron chi connectivity index (χ0n) is 18.5. The molecule has 174 valence electrons. The Morgan fingerprint density at radius 2 is 1.82 bits per heavy atom. The molecular formula is C26H23FN2O5. The van der Waals surface area contributed by atoms with Gasteiger partial charge in [0.25, 0.3) is 5.91 Å². The van der Waals surface area contributed by atoms with Crippen molar-refractivity contribution in [2.75, 3.05) is 18.1 Å². The Labute approximate surface area is 196 Å². The molecule has 1 N–H and O–H groups in total. The second-order valence-corrected chi connectivity index (χ2v) is 7.78. The van der Waals surface area contributed by atoms with Crippen LogP contribution in [0.25, 0.3) is 0 Å². The number of fused-ring (bicyclic) bond motifs is 1. The average Bonchev–Trinajstić information content (AvgIpc) is 2.86. The Bertz CT molecular complexity index is 1200. The van der Waals surface area contributed by atoms with Crippen LogP contribution in [0.3, 0.4) is 0 Å². The van der Waals surface area contributed by atoms with E-state index in [1.54, 1.807) is 19.1 Å². The van der Waals surface area contributed by atoms with Crippen molar-refractivity contribution >= 4 is 23.3 Å². The molecule has 0 aliphatic carbocycles. The summed E-state index contributed by atoms with van der Waals surface area (Å²) >= 11 is 0. The number of nitrogens with zero attached hydrogens (tertiary/aromatic N) is 1. The standard InChI is InChI=1S/C26H23FN2O5/c1-17(26(32)28-14-18-5-3-2-4-6-18)29-22-13-19(7-12-24(22)34-16-25(29)31)23(30)15-33-21-10-8-20(27)9-11-21/h2-13,17H,14-16H2,1H3,(H,28,32). The van der Waals surface area contributed by atoms with Gasteiger partial charge in [0.2, 0.25) is 5.91 Å². The summed E-state index contributed by atoms with van der Waals surface area (Å²) < 4.78 is 24.0. The van der Waals surface area contributed by atoms with Crippen molar-refractivity contribution in [3.05, 3.63) is 89.7 Å². The van der Waals surface area contributed by atoms with E-state index in [0.717, 1.165) is 5.56 Å². The second kappa shape index (κ2) is 10.2. The molecule has 7 nitrogen and oxygen atoms in total. The summed E-state index contributed by atoms with van der Waals surface area (Å²) in [5.74, 6) is -0.704. The Morgan fingerprint density at radius 1 is 1.09 bits per heavy atom. The van der Waals surface area contributed by atoms with Crippen LogP contribution in [0.5, 0.6) is 11.5 Å². The number of ether oxygens (including phenoxy) is 2. The summed E-state index contributed by atoms with van der Waals surface area (Å²) in [5.41, 5.74) is 1.57. The molecule has 0 fully saturated rings. The molecule has 0 bridgehead atoms. The van der Waals surface area contributed by atoms with Crippen molar-refractivity contribution in [2.24, 2.45) is 0 Å². The molecule has 0 spiro atoms. The minimum absolute atomic E-state index is 0.204. The van der Waals surface area contributed by atoms with E-state index < -0.39 is 11.9 Å². The molecule has 34 heavy (non-hydrogen) atoms. The number of hydrogen-bond acceptors (Lipinski definition) is 5. The zero-order valence-corrected chi connectivity index (χ0v) is 18.5. The van der Waals surface area contributed by atoms with Crippen LogP contribution in [-0.4, -0.2) is 36.9 Å². The molecule has 1 aliphatic rings. The van der Waals surface area contributed by atoms with Gasteiger partial charge in [0.05, 0.1) is 5.69 Å². The monoisotopic (exact) mass is 462 g/mol. The second-order valence-electron chi connectivity index (χ2n) is 7.78. The van der Waals surface area contributed by atoms with E-state index in [9.17, 15) is 18.8 Å². The predicted octanol–water partition coefficient (Wildman–Crippen LogP) is 3.52. The fourth-order valence-electron chi connectivity index (χ4n) is 3.58. The molecular weight excluding hydrogens is 439 g/mol. The third-order valence-electron chi connectivity index (χ3n) is 5.42. The first-order chi connectivity index (χ1) is 16.4. The molecule has 1 aliphatic heterocycles. The quantitative estimate of drug-likeness (QED) is 0.518. The van der Waals surface area contributed by atoms with Gasteiger partial charge in [0, 0.05) is 12.1 Å². The number of Topliss-reactive ketones (excluding diaryl/α,β-unsaturated/α-hetero) is 1. The van der Waals surface area contributed by atoms with E-state index in [4.69, 9.17) is 9.47 Å². The van der Waals surface area contributed by atoms with E-state index in [1.807, 2.05) is 30.3 Å². The highest BCUT2D eigenvalue weighted by Gasteiger charge is 2.33. The molecule has 4 rings (SSSR count). The highest BCUT2D eigenvalue weighted by atomic mass is 19.1. The first-order valence-corrected chi connectivity index (χ1v) is 10.7. The van der Waals surface area contributed by atoms with Crippen molar-refractivity contribution in [1.82, 2.24) is 5.32 Å². The largest absolute Gasteiger partial charge is 0.485 e. The fraction of sp³-hybridized carbons (Fsp3) is 0.192. The molecule has 0 aromatic heterocycles. The number of nitrogens with one attached hydrogen (secondary N) is 1. The van der Waals surface area contributed by atoms with Gasteiger partial charge in [-0.2, -0.15) is 0 Å². The van der Waals surface area contributed by atoms with Gasteiger partial charge < -0.3 is 14.8 Å². The molecule has 3 aromatic rings. The van der Waals surface area contributed by atoms with E-state index in [1.165, 1.54) is 35.2 Å². The lowest BCUT2D eigenvalue weighted by atomic mass is 10.1. The maximum absolute atomic E-state index is 13.0. The normalized spacial score (nSPS) is 13.5. The molecule has 1 atom stereocenters. The van der Waals surface area contributed by atoms with Crippen molar-refractivity contribution in [3.63, 3.8) is 0 Å². The smallest absolute Gasteiger partial charge is 0.265 e. The maximum atomic E-state index is 13.0. The maximum Gasteiger partial charge on any atom is 0.265 e. The molecule has 1 unspecified atom stereocenters. The summed E-state index contributed by atoms with van der Waals surface area (Å²) in [4.78, 5) is 39.5. The zero-order chi connectivity index (χ0) is 24.1. The lowest BCUT2D eigenvalue weighted by Gasteiger charge is -2.33. The van der Waals surface area contributed by atoms with Gasteiger partial charge >= 0.3 is 0 Å². The van der Waals surface area contributed by atoms with E-state index >= 15 is 0 Å². The number of carbonyl (C=O) groups is 3. The fourth-order valence-corrected chi connectivity index (χ4v) is 3.58. The van der Waals surface area contributed by atoms with Crippen LogP contribution in [0.4, 0.5) is 10.1 Å². The third-order valence-corrected chi connectivity index (χ3v) is 5.42. The van der Waals surface area contributed by atoms with Crippen LogP contribution in [0, 0.1) is 5.82 Å². The van der Waals surface area contributed by atoms with Crippen LogP contribution in [-0.2, 0) is 16.1 Å². The molecule has 2 amide bonds. The van der Waals surface area contributed by atoms with Crippen LogP contribution in [0.2, 0.25) is 0 Å². The van der Waals surface area contributed by atoms with Crippen LogP contribution in [0.1, 0.15) is 22.8 Å². The highest BCUT2D eigenvalue weighted by Crippen LogP contribution is 2.34. The Kier molecular flexibility index (Phi) is 6.87. The number of anilines is 1. The van der Waals surface area contributed by atoms with Gasteiger partial charge in [-0.15, -0.1) is 0 Å². The minimum atomic E-state index is -0.820. The van der Waals surface area contributed by atoms with Gasteiger partial charge in [-0.1, -0.05) is 30.3 Å². The van der Waals surface area contributed by atoms with Crippen LogP contribution >= 0.6 is 0 Å². The van der Waals surface area contributed by atoms with Gasteiger partial charge in [0.15, 0.2) is 19.0 Å². The minimum Gasteiger partial charge on any atom is -0.485 e. The van der Waals surface area contributed by atoms with Crippen LogP contribution < -0.4 is 19.7 Å². The Morgan fingerprint density at radius 3 is 2.56 bits per heavy atom. The Hall–Kier alpha value is -4.20. The number of rotatable bonds is 8. The molecule has 0 saturated heterocycles. The lowest BCUT2D eigenvalue weighted by Crippen LogP contribution is -2.51. The van der Waals surface area contributed by atoms with Gasteiger partial charge in [0.1, 0.15) is 23.4 Å². The number of hydrogen-bond donors (Lipinski definition) is 1. The molecule has 1 heterocycles. The average molecular weight is 462 g/mol. The number of halogens is 1. The highest BCUT2D eigenvalue weighted by molar-refractivity contribution is 6.05. The summed E-state index contributed by atoms with van der Waals surface area (Å²) in [6, 6.07) is 18.6. The summed E-state index contributed by atoms with van der Waals surface area (Å²) in [5, 5.41) is 2.84. The number of amides is 2. The van der Waals surface area contributed by atoms with Crippen molar-refractivity contribution in [1.29, 1.82) is 0 Å². The predicted molar refractivity (Wildman–Crippen MR) is 123 cm³/mol. The van der Waals surface area contributed by atoms with Crippen molar-refractivity contribution in [2.45, 2.75) is 19.5 Å². The SMILES string of the molecule is CC(C(=O)NCc1ccccc1)N1C(=O)COc2ccc(C(=O)COc3ccc(F)cc3)cc21. The van der Waals surface area contributed by atoms with E-state index in [-0.39, 0.29) is 30.8 Å². The number of benzene rings is 3. The molecule has 8 heteroatoms. The Balaban J connectivity index is 1.48. The summed E-state index contributed by atoms with van der Waals surface area (Å²) in [6.45, 7) is 1.48. The van der Waals surface area contributed by atoms with Crippen LogP contribution in [0.15, 0.2) is 72.8 Å². The van der Waals surface area contributed by atoms with Crippen molar-refractivity contribution in [3.8, 4) is 11.5 Å². The van der Waals surface area contributed by atoms with Gasteiger partial charge in [-0.25, -0.2) is 4.39 Å². The number of carbonyl (C=O) groups excluding carboxylic acids is 3. The molecule has 0 radical (unpaired) electrons. The summed E-state index contributed by atoms with van der Waals surface area (Å²) in [6.07, 6.45) is 0. The van der Waals surface area contributed by atoms with Gasteiger partial charge in [-0.05, 0) is 55.0 Å².